The second kappa shape index (κ2) is 6.97. The third-order valence-electron chi connectivity index (χ3n) is 4.75. The van der Waals surface area contributed by atoms with Gasteiger partial charge >= 0.3 is 0 Å². The number of carbonyl (C=O) groups excluding carboxylic acids is 1. The molecule has 1 aliphatic heterocycles. The first kappa shape index (κ1) is 15.8. The maximum atomic E-state index is 12.6. The summed E-state index contributed by atoms with van der Waals surface area (Å²) in [6, 6.07) is 20.7. The van der Waals surface area contributed by atoms with E-state index in [2.05, 4.69) is 29.2 Å². The molecule has 0 unspecified atom stereocenters. The number of ketones is 1. The summed E-state index contributed by atoms with van der Waals surface area (Å²) in [6.45, 7) is 2.56. The number of methoxy groups -OCH3 is 1. The van der Waals surface area contributed by atoms with Crippen LogP contribution in [0.25, 0.3) is 0 Å². The number of para-hydroxylation sites is 1. The predicted molar refractivity (Wildman–Crippen MR) is 92.6 cm³/mol. The average molecular weight is 309 g/mol. The standard InChI is InChI=1S/C20H23NO2/c1-15-19(14-23-2)21(17-11-7-4-8-12-17)18(13-20(15)22)16-9-5-3-6-10-16/h3-12,15,18-19H,13-14H2,1-2H3/t15-,18-,19+/m0/s1. The van der Waals surface area contributed by atoms with Crippen molar-refractivity contribution in [1.29, 1.82) is 0 Å². The van der Waals surface area contributed by atoms with E-state index in [-0.39, 0.29) is 18.0 Å². The van der Waals surface area contributed by atoms with Crippen LogP contribution in [-0.2, 0) is 9.53 Å². The summed E-state index contributed by atoms with van der Waals surface area (Å²) >= 11 is 0. The number of piperidine rings is 1. The van der Waals surface area contributed by atoms with Gasteiger partial charge < -0.3 is 9.64 Å². The lowest BCUT2D eigenvalue weighted by Crippen LogP contribution is -2.52. The molecular formula is C20H23NO2. The van der Waals surface area contributed by atoms with Crippen LogP contribution < -0.4 is 4.90 Å². The zero-order valence-electron chi connectivity index (χ0n) is 13.7. The molecule has 0 aromatic heterocycles. The van der Waals surface area contributed by atoms with E-state index < -0.39 is 0 Å². The highest BCUT2D eigenvalue weighted by molar-refractivity contribution is 5.85. The summed E-state index contributed by atoms with van der Waals surface area (Å²) in [5.74, 6) is 0.281. The van der Waals surface area contributed by atoms with E-state index in [4.69, 9.17) is 4.74 Å². The Morgan fingerprint density at radius 3 is 2.26 bits per heavy atom. The Balaban J connectivity index is 2.06. The first-order valence-electron chi connectivity index (χ1n) is 8.12. The molecule has 120 valence electrons. The number of hydrogen-bond donors (Lipinski definition) is 0. The van der Waals surface area contributed by atoms with Crippen LogP contribution in [0.5, 0.6) is 0 Å². The van der Waals surface area contributed by atoms with Gasteiger partial charge in [0.15, 0.2) is 0 Å². The molecule has 3 rings (SSSR count). The van der Waals surface area contributed by atoms with Crippen LogP contribution in [0, 0.1) is 5.92 Å². The third kappa shape index (κ3) is 3.15. The Labute approximate surface area is 137 Å². The molecule has 3 nitrogen and oxygen atoms in total. The van der Waals surface area contributed by atoms with Gasteiger partial charge in [-0.3, -0.25) is 4.79 Å². The van der Waals surface area contributed by atoms with Crippen molar-refractivity contribution in [2.45, 2.75) is 25.4 Å². The predicted octanol–water partition coefficient (Wildman–Crippen LogP) is 3.86. The molecule has 23 heavy (non-hydrogen) atoms. The molecule has 3 atom stereocenters. The number of Topliss-reactive ketones (excluding diaryl/α,β-unsaturated/α-hetero) is 1. The average Bonchev–Trinajstić information content (AvgIpc) is 2.60. The van der Waals surface area contributed by atoms with Crippen molar-refractivity contribution in [3.63, 3.8) is 0 Å². The van der Waals surface area contributed by atoms with Crippen molar-refractivity contribution < 1.29 is 9.53 Å². The molecule has 1 fully saturated rings. The Morgan fingerprint density at radius 2 is 1.65 bits per heavy atom. The molecule has 1 saturated heterocycles. The van der Waals surface area contributed by atoms with Crippen LogP contribution in [0.3, 0.4) is 0 Å². The van der Waals surface area contributed by atoms with E-state index in [9.17, 15) is 4.79 Å². The summed E-state index contributed by atoms with van der Waals surface area (Å²) in [4.78, 5) is 14.9. The fourth-order valence-corrected chi connectivity index (χ4v) is 3.48. The van der Waals surface area contributed by atoms with Crippen molar-refractivity contribution in [3.05, 3.63) is 66.2 Å². The Morgan fingerprint density at radius 1 is 1.04 bits per heavy atom. The molecule has 0 N–H and O–H groups in total. The van der Waals surface area contributed by atoms with Crippen molar-refractivity contribution in [2.75, 3.05) is 18.6 Å². The Hall–Kier alpha value is -2.13. The van der Waals surface area contributed by atoms with Gasteiger partial charge in [-0.15, -0.1) is 0 Å². The minimum Gasteiger partial charge on any atom is -0.383 e. The van der Waals surface area contributed by atoms with Crippen LogP contribution in [0.4, 0.5) is 5.69 Å². The molecular weight excluding hydrogens is 286 g/mol. The second-order valence-corrected chi connectivity index (χ2v) is 6.15. The van der Waals surface area contributed by atoms with Gasteiger partial charge in [0.1, 0.15) is 5.78 Å². The second-order valence-electron chi connectivity index (χ2n) is 6.15. The highest BCUT2D eigenvalue weighted by atomic mass is 16.5. The van der Waals surface area contributed by atoms with Crippen LogP contribution in [0.1, 0.15) is 24.9 Å². The summed E-state index contributed by atoms with van der Waals surface area (Å²) in [6.07, 6.45) is 0.542. The van der Waals surface area contributed by atoms with Gasteiger partial charge in [-0.25, -0.2) is 0 Å². The minimum absolute atomic E-state index is 0.0323. The third-order valence-corrected chi connectivity index (χ3v) is 4.75. The number of nitrogens with zero attached hydrogens (tertiary/aromatic N) is 1. The van der Waals surface area contributed by atoms with Gasteiger partial charge in [0.05, 0.1) is 18.7 Å². The summed E-state index contributed by atoms with van der Waals surface area (Å²) in [7, 11) is 1.70. The molecule has 0 spiro atoms. The van der Waals surface area contributed by atoms with E-state index in [1.807, 2.05) is 43.3 Å². The largest absolute Gasteiger partial charge is 0.383 e. The lowest BCUT2D eigenvalue weighted by molar-refractivity contribution is -0.125. The van der Waals surface area contributed by atoms with E-state index in [0.717, 1.165) is 5.69 Å². The molecule has 0 amide bonds. The number of rotatable bonds is 4. The number of anilines is 1. The number of ether oxygens (including phenoxy) is 1. The Kier molecular flexibility index (Phi) is 4.77. The molecule has 2 aromatic carbocycles. The first-order valence-corrected chi connectivity index (χ1v) is 8.12. The van der Waals surface area contributed by atoms with Crippen molar-refractivity contribution >= 4 is 11.5 Å². The highest BCUT2D eigenvalue weighted by Crippen LogP contribution is 2.39. The van der Waals surface area contributed by atoms with Crippen molar-refractivity contribution in [2.24, 2.45) is 5.92 Å². The SMILES string of the molecule is COC[C@@H]1[C@H](C)C(=O)C[C@@H](c2ccccc2)N1c1ccccc1. The maximum absolute atomic E-state index is 12.6. The number of benzene rings is 2. The van der Waals surface area contributed by atoms with Gasteiger partial charge in [-0.2, -0.15) is 0 Å². The highest BCUT2D eigenvalue weighted by Gasteiger charge is 2.40. The first-order chi connectivity index (χ1) is 11.2. The van der Waals surface area contributed by atoms with Gasteiger partial charge in [-0.05, 0) is 17.7 Å². The lowest BCUT2D eigenvalue weighted by Gasteiger charge is -2.46. The number of carbonyl (C=O) groups is 1. The smallest absolute Gasteiger partial charge is 0.140 e. The summed E-state index contributed by atoms with van der Waals surface area (Å²) in [5, 5.41) is 0. The zero-order chi connectivity index (χ0) is 16.2. The van der Waals surface area contributed by atoms with E-state index in [0.29, 0.717) is 18.8 Å². The van der Waals surface area contributed by atoms with E-state index >= 15 is 0 Å². The fourth-order valence-electron chi connectivity index (χ4n) is 3.48. The zero-order valence-corrected chi connectivity index (χ0v) is 13.7. The summed E-state index contributed by atoms with van der Waals surface area (Å²) in [5.41, 5.74) is 2.32. The lowest BCUT2D eigenvalue weighted by atomic mass is 9.82. The molecule has 1 heterocycles. The van der Waals surface area contributed by atoms with Crippen LogP contribution in [0.15, 0.2) is 60.7 Å². The number of hydrogen-bond acceptors (Lipinski definition) is 3. The maximum Gasteiger partial charge on any atom is 0.140 e. The van der Waals surface area contributed by atoms with Crippen LogP contribution >= 0.6 is 0 Å². The summed E-state index contributed by atoms with van der Waals surface area (Å²) < 4.78 is 5.44. The van der Waals surface area contributed by atoms with Gasteiger partial charge in [0.25, 0.3) is 0 Å². The monoisotopic (exact) mass is 309 g/mol. The van der Waals surface area contributed by atoms with Crippen LogP contribution in [-0.4, -0.2) is 25.5 Å². The minimum atomic E-state index is -0.0323. The van der Waals surface area contributed by atoms with Gasteiger partial charge in [0, 0.05) is 25.1 Å². The van der Waals surface area contributed by atoms with Crippen molar-refractivity contribution in [1.82, 2.24) is 0 Å². The quantitative estimate of drug-likeness (QED) is 0.859. The van der Waals surface area contributed by atoms with Crippen molar-refractivity contribution in [3.8, 4) is 0 Å². The van der Waals surface area contributed by atoms with E-state index in [1.54, 1.807) is 7.11 Å². The normalized spacial score (nSPS) is 24.7. The molecule has 0 bridgehead atoms. The topological polar surface area (TPSA) is 29.5 Å². The Bertz CT molecular complexity index is 641. The fraction of sp³-hybridized carbons (Fsp3) is 0.350. The van der Waals surface area contributed by atoms with Gasteiger partial charge in [-0.1, -0.05) is 55.5 Å². The molecule has 0 aliphatic carbocycles. The molecule has 3 heteroatoms. The van der Waals surface area contributed by atoms with E-state index in [1.165, 1.54) is 5.56 Å². The molecule has 1 aliphatic rings. The van der Waals surface area contributed by atoms with Gasteiger partial charge in [0.2, 0.25) is 0 Å². The molecule has 2 aromatic rings. The van der Waals surface area contributed by atoms with Crippen LogP contribution in [0.2, 0.25) is 0 Å². The molecule has 0 saturated carbocycles. The molecule has 0 radical (unpaired) electrons.